The smallest absolute Gasteiger partial charge is 0.0488 e. The Hall–Kier alpha value is -1.55. The van der Waals surface area contributed by atoms with Crippen molar-refractivity contribution in [3.05, 3.63) is 52.3 Å². The van der Waals surface area contributed by atoms with Gasteiger partial charge in [0.15, 0.2) is 0 Å². The summed E-state index contributed by atoms with van der Waals surface area (Å²) in [6.07, 6.45) is 3.68. The fourth-order valence-corrected chi connectivity index (χ4v) is 2.10. The summed E-state index contributed by atoms with van der Waals surface area (Å²) in [5.74, 6) is 0. The molecule has 88 valence electrons. The zero-order chi connectivity index (χ0) is 12.3. The average molecular weight is 292 g/mol. The maximum Gasteiger partial charge on any atom is 0.0488 e. The lowest BCUT2D eigenvalue weighted by molar-refractivity contribution is 1.09. The minimum absolute atomic E-state index is 0.752. The Bertz CT molecular complexity index is 526. The number of rotatable bonds is 3. The van der Waals surface area contributed by atoms with Gasteiger partial charge >= 0.3 is 0 Å². The number of aryl methyl sites for hydroxylation is 1. The van der Waals surface area contributed by atoms with Gasteiger partial charge in [0.2, 0.25) is 0 Å². The van der Waals surface area contributed by atoms with Crippen LogP contribution in [0.4, 0.5) is 11.4 Å². The van der Waals surface area contributed by atoms with Crippen molar-refractivity contribution < 1.29 is 0 Å². The molecule has 0 aliphatic carbocycles. The number of nitrogens with two attached hydrogens (primary N) is 1. The molecular formula is C13H14BrN3. The second-order valence-electron chi connectivity index (χ2n) is 3.89. The Kier molecular flexibility index (Phi) is 3.64. The number of halogens is 1. The molecule has 0 atom stereocenters. The Morgan fingerprint density at radius 2 is 2.18 bits per heavy atom. The molecule has 0 aliphatic rings. The van der Waals surface area contributed by atoms with Crippen molar-refractivity contribution in [3.63, 3.8) is 0 Å². The summed E-state index contributed by atoms with van der Waals surface area (Å²) in [5.41, 5.74) is 9.91. The molecule has 0 spiro atoms. The fourth-order valence-electron chi connectivity index (χ4n) is 1.57. The highest BCUT2D eigenvalue weighted by Gasteiger charge is 2.01. The van der Waals surface area contributed by atoms with E-state index in [0.717, 1.165) is 22.4 Å². The minimum atomic E-state index is 0.752. The summed E-state index contributed by atoms with van der Waals surface area (Å²) in [6, 6.07) is 7.76. The van der Waals surface area contributed by atoms with Crippen molar-refractivity contribution in [2.24, 2.45) is 0 Å². The number of anilines is 2. The lowest BCUT2D eigenvalue weighted by atomic mass is 10.1. The predicted octanol–water partition coefficient (Wildman–Crippen LogP) is 3.35. The predicted molar refractivity (Wildman–Crippen MR) is 74.9 cm³/mol. The Morgan fingerprint density at radius 3 is 2.88 bits per heavy atom. The number of nitrogens with zero attached hydrogens (tertiary/aromatic N) is 1. The maximum atomic E-state index is 5.69. The summed E-state index contributed by atoms with van der Waals surface area (Å²) < 4.78 is 0.976. The van der Waals surface area contributed by atoms with Crippen molar-refractivity contribution in [1.82, 2.24) is 4.98 Å². The lowest BCUT2D eigenvalue weighted by Crippen LogP contribution is -2.02. The van der Waals surface area contributed by atoms with Crippen LogP contribution in [0.25, 0.3) is 0 Å². The monoisotopic (exact) mass is 291 g/mol. The first-order valence-electron chi connectivity index (χ1n) is 5.35. The molecule has 0 radical (unpaired) electrons. The summed E-state index contributed by atoms with van der Waals surface area (Å²) >= 11 is 3.48. The number of nitrogen functional groups attached to an aromatic ring is 1. The molecule has 0 bridgehead atoms. The van der Waals surface area contributed by atoms with Gasteiger partial charge in [-0.3, -0.25) is 4.98 Å². The molecular weight excluding hydrogens is 278 g/mol. The summed E-state index contributed by atoms with van der Waals surface area (Å²) in [5, 5.41) is 3.37. The standard InChI is InChI=1S/C13H14BrN3/c1-9-7-16-5-4-10(9)8-17-13-3-2-11(15)6-12(13)14/h2-7,17H,8,15H2,1H3. The van der Waals surface area contributed by atoms with Crippen LogP contribution < -0.4 is 11.1 Å². The number of aromatic nitrogens is 1. The molecule has 1 heterocycles. The van der Waals surface area contributed by atoms with Gasteiger partial charge in [0, 0.05) is 34.8 Å². The molecule has 0 saturated heterocycles. The second-order valence-corrected chi connectivity index (χ2v) is 4.75. The maximum absolute atomic E-state index is 5.69. The summed E-state index contributed by atoms with van der Waals surface area (Å²) in [7, 11) is 0. The zero-order valence-electron chi connectivity index (χ0n) is 9.57. The van der Waals surface area contributed by atoms with Gasteiger partial charge in [0.1, 0.15) is 0 Å². The Balaban J connectivity index is 2.10. The zero-order valence-corrected chi connectivity index (χ0v) is 11.2. The molecule has 0 aliphatic heterocycles. The number of hydrogen-bond donors (Lipinski definition) is 2. The van der Waals surface area contributed by atoms with Gasteiger partial charge in [0.25, 0.3) is 0 Å². The SMILES string of the molecule is Cc1cnccc1CNc1ccc(N)cc1Br. The summed E-state index contributed by atoms with van der Waals surface area (Å²) in [6.45, 7) is 2.83. The van der Waals surface area contributed by atoms with Crippen LogP contribution >= 0.6 is 15.9 Å². The topological polar surface area (TPSA) is 50.9 Å². The third kappa shape index (κ3) is 2.97. The molecule has 0 fully saturated rings. The highest BCUT2D eigenvalue weighted by molar-refractivity contribution is 9.10. The number of nitrogens with one attached hydrogen (secondary N) is 1. The molecule has 3 nitrogen and oxygen atoms in total. The third-order valence-electron chi connectivity index (χ3n) is 2.60. The molecule has 0 saturated carbocycles. The number of hydrogen-bond acceptors (Lipinski definition) is 3. The highest BCUT2D eigenvalue weighted by Crippen LogP contribution is 2.25. The lowest BCUT2D eigenvalue weighted by Gasteiger charge is -2.10. The van der Waals surface area contributed by atoms with E-state index in [1.54, 1.807) is 0 Å². The Morgan fingerprint density at radius 1 is 1.35 bits per heavy atom. The molecule has 0 unspecified atom stereocenters. The van der Waals surface area contributed by atoms with E-state index >= 15 is 0 Å². The minimum Gasteiger partial charge on any atom is -0.399 e. The van der Waals surface area contributed by atoms with Gasteiger partial charge < -0.3 is 11.1 Å². The van der Waals surface area contributed by atoms with E-state index in [2.05, 4.69) is 33.2 Å². The van der Waals surface area contributed by atoms with Crippen molar-refractivity contribution in [1.29, 1.82) is 0 Å². The first-order chi connectivity index (χ1) is 8.16. The van der Waals surface area contributed by atoms with Gasteiger partial charge in [-0.05, 0) is 58.2 Å². The molecule has 4 heteroatoms. The molecule has 3 N–H and O–H groups in total. The molecule has 1 aromatic heterocycles. The van der Waals surface area contributed by atoms with Crippen LogP contribution in [0.15, 0.2) is 41.1 Å². The first kappa shape index (κ1) is 11.9. The average Bonchev–Trinajstić information content (AvgIpc) is 2.30. The molecule has 2 rings (SSSR count). The largest absolute Gasteiger partial charge is 0.399 e. The van der Waals surface area contributed by atoms with Gasteiger partial charge in [-0.15, -0.1) is 0 Å². The van der Waals surface area contributed by atoms with E-state index in [9.17, 15) is 0 Å². The van der Waals surface area contributed by atoms with Crippen LogP contribution in [-0.2, 0) is 6.54 Å². The normalized spacial score (nSPS) is 10.2. The van der Waals surface area contributed by atoms with Crippen molar-refractivity contribution in [2.45, 2.75) is 13.5 Å². The van der Waals surface area contributed by atoms with Crippen LogP contribution in [-0.4, -0.2) is 4.98 Å². The van der Waals surface area contributed by atoms with Crippen LogP contribution in [0.5, 0.6) is 0 Å². The van der Waals surface area contributed by atoms with E-state index < -0.39 is 0 Å². The fraction of sp³-hybridized carbons (Fsp3) is 0.154. The molecule has 0 amide bonds. The molecule has 17 heavy (non-hydrogen) atoms. The van der Waals surface area contributed by atoms with Gasteiger partial charge in [-0.1, -0.05) is 0 Å². The van der Waals surface area contributed by atoms with Crippen LogP contribution in [0.3, 0.4) is 0 Å². The summed E-state index contributed by atoms with van der Waals surface area (Å²) in [4.78, 5) is 4.08. The van der Waals surface area contributed by atoms with Gasteiger partial charge in [-0.25, -0.2) is 0 Å². The first-order valence-corrected chi connectivity index (χ1v) is 6.14. The van der Waals surface area contributed by atoms with Gasteiger partial charge in [-0.2, -0.15) is 0 Å². The van der Waals surface area contributed by atoms with Crippen molar-refractivity contribution in [3.8, 4) is 0 Å². The van der Waals surface area contributed by atoms with Crippen LogP contribution in [0.2, 0.25) is 0 Å². The van der Waals surface area contributed by atoms with E-state index in [-0.39, 0.29) is 0 Å². The van der Waals surface area contributed by atoms with E-state index in [1.807, 2.05) is 36.7 Å². The highest BCUT2D eigenvalue weighted by atomic mass is 79.9. The molecule has 1 aromatic carbocycles. The number of pyridine rings is 1. The Labute approximate surface area is 109 Å². The number of benzene rings is 1. The van der Waals surface area contributed by atoms with Gasteiger partial charge in [0.05, 0.1) is 0 Å². The van der Waals surface area contributed by atoms with Crippen molar-refractivity contribution in [2.75, 3.05) is 11.1 Å². The van der Waals surface area contributed by atoms with E-state index in [4.69, 9.17) is 5.73 Å². The molecule has 2 aromatic rings. The van der Waals surface area contributed by atoms with Crippen LogP contribution in [0, 0.1) is 6.92 Å². The second kappa shape index (κ2) is 5.19. The quantitative estimate of drug-likeness (QED) is 0.853. The van der Waals surface area contributed by atoms with E-state index in [0.29, 0.717) is 0 Å². The van der Waals surface area contributed by atoms with Crippen LogP contribution in [0.1, 0.15) is 11.1 Å². The van der Waals surface area contributed by atoms with E-state index in [1.165, 1.54) is 11.1 Å². The third-order valence-corrected chi connectivity index (χ3v) is 3.25. The van der Waals surface area contributed by atoms with Crippen molar-refractivity contribution >= 4 is 27.3 Å².